The van der Waals surface area contributed by atoms with Crippen LogP contribution in [-0.4, -0.2) is 24.7 Å². The lowest BCUT2D eigenvalue weighted by molar-refractivity contribution is -0.235. The van der Waals surface area contributed by atoms with Crippen molar-refractivity contribution in [3.8, 4) is 0 Å². The third-order valence-corrected chi connectivity index (χ3v) is 2.13. The van der Waals surface area contributed by atoms with Crippen LogP contribution in [0.4, 0.5) is 0 Å². The molecule has 100 valence electrons. The van der Waals surface area contributed by atoms with Gasteiger partial charge in [-0.05, 0) is 19.9 Å². The number of pyridine rings is 1. The summed E-state index contributed by atoms with van der Waals surface area (Å²) in [4.78, 5) is 4.05. The summed E-state index contributed by atoms with van der Waals surface area (Å²) in [7, 11) is 0. The van der Waals surface area contributed by atoms with Gasteiger partial charge in [-0.2, -0.15) is 0 Å². The molecule has 4 nitrogen and oxygen atoms in total. The first-order chi connectivity index (χ1) is 7.29. The lowest BCUT2D eigenvalue weighted by Gasteiger charge is -2.31. The largest absolute Gasteiger partial charge is 0.345 e. The van der Waals surface area contributed by atoms with E-state index in [4.69, 9.17) is 15.2 Å². The number of rotatable bonds is 6. The maximum Gasteiger partial charge on any atom is 0.209 e. The fourth-order valence-corrected chi connectivity index (χ4v) is 1.50. The molecule has 1 heterocycles. The molecular formula is C11H20Cl2N2O2. The summed E-state index contributed by atoms with van der Waals surface area (Å²) >= 11 is 0. The fraction of sp³-hybridized carbons (Fsp3) is 0.545. The van der Waals surface area contributed by atoms with Crippen molar-refractivity contribution in [3.63, 3.8) is 0 Å². The van der Waals surface area contributed by atoms with Crippen molar-refractivity contribution in [3.05, 3.63) is 30.1 Å². The van der Waals surface area contributed by atoms with Gasteiger partial charge >= 0.3 is 0 Å². The predicted molar refractivity (Wildman–Crippen MR) is 72.7 cm³/mol. The van der Waals surface area contributed by atoms with Gasteiger partial charge in [-0.1, -0.05) is 6.07 Å². The highest BCUT2D eigenvalue weighted by atomic mass is 35.5. The third kappa shape index (κ3) is 4.77. The van der Waals surface area contributed by atoms with Crippen molar-refractivity contribution < 1.29 is 9.47 Å². The van der Waals surface area contributed by atoms with E-state index in [1.165, 1.54) is 0 Å². The van der Waals surface area contributed by atoms with Gasteiger partial charge in [0.15, 0.2) is 0 Å². The zero-order chi connectivity index (χ0) is 11.1. The molecule has 1 rings (SSSR count). The summed E-state index contributed by atoms with van der Waals surface area (Å²) in [5, 5.41) is 0. The summed E-state index contributed by atoms with van der Waals surface area (Å²) in [6.45, 7) is 5.21. The number of hydrogen-bond donors (Lipinski definition) is 1. The van der Waals surface area contributed by atoms with Crippen molar-refractivity contribution in [1.82, 2.24) is 4.98 Å². The lowest BCUT2D eigenvalue weighted by Crippen LogP contribution is -2.41. The second-order valence-corrected chi connectivity index (χ2v) is 3.06. The van der Waals surface area contributed by atoms with Crippen LogP contribution in [0.1, 0.15) is 19.4 Å². The van der Waals surface area contributed by atoms with Gasteiger partial charge in [0.1, 0.15) is 0 Å². The number of hydrogen-bond acceptors (Lipinski definition) is 4. The van der Waals surface area contributed by atoms with Crippen molar-refractivity contribution in [2.24, 2.45) is 5.73 Å². The zero-order valence-corrected chi connectivity index (χ0v) is 11.7. The van der Waals surface area contributed by atoms with E-state index in [-0.39, 0.29) is 31.4 Å². The van der Waals surface area contributed by atoms with Crippen molar-refractivity contribution in [1.29, 1.82) is 0 Å². The zero-order valence-electron chi connectivity index (χ0n) is 10.1. The quantitative estimate of drug-likeness (QED) is 0.812. The van der Waals surface area contributed by atoms with Crippen molar-refractivity contribution in [2.75, 3.05) is 19.8 Å². The van der Waals surface area contributed by atoms with E-state index in [1.54, 1.807) is 12.4 Å². The van der Waals surface area contributed by atoms with Gasteiger partial charge in [-0.3, -0.25) is 4.98 Å². The first-order valence-corrected chi connectivity index (χ1v) is 5.17. The molecule has 0 bridgehead atoms. The minimum atomic E-state index is -0.849. The summed E-state index contributed by atoms with van der Waals surface area (Å²) in [5.41, 5.74) is 6.59. The Labute approximate surface area is 115 Å². The van der Waals surface area contributed by atoms with Crippen molar-refractivity contribution >= 4 is 24.8 Å². The van der Waals surface area contributed by atoms with Gasteiger partial charge in [-0.15, -0.1) is 24.8 Å². The molecule has 0 aliphatic carbocycles. The van der Waals surface area contributed by atoms with Gasteiger partial charge in [0.25, 0.3) is 0 Å². The van der Waals surface area contributed by atoms with Crippen LogP contribution in [0.25, 0.3) is 0 Å². The van der Waals surface area contributed by atoms with Crippen molar-refractivity contribution in [2.45, 2.75) is 19.6 Å². The number of ether oxygens (including phenoxy) is 2. The maximum atomic E-state index is 5.73. The van der Waals surface area contributed by atoms with E-state index in [1.807, 2.05) is 26.0 Å². The van der Waals surface area contributed by atoms with Gasteiger partial charge in [0, 0.05) is 31.2 Å². The molecule has 1 aromatic heterocycles. The minimum absolute atomic E-state index is 0. The Balaban J connectivity index is 0. The molecule has 0 fully saturated rings. The molecule has 0 amide bonds. The average molecular weight is 283 g/mol. The number of nitrogens with two attached hydrogens (primary N) is 1. The van der Waals surface area contributed by atoms with Crippen LogP contribution in [0.5, 0.6) is 0 Å². The van der Waals surface area contributed by atoms with E-state index in [0.29, 0.717) is 13.2 Å². The molecule has 0 unspecified atom stereocenters. The highest BCUT2D eigenvalue weighted by Crippen LogP contribution is 2.25. The summed E-state index contributed by atoms with van der Waals surface area (Å²) in [6.07, 6.45) is 3.43. The molecule has 0 saturated heterocycles. The Morgan fingerprint density at radius 3 is 2.18 bits per heavy atom. The Morgan fingerprint density at radius 1 is 1.24 bits per heavy atom. The first kappa shape index (κ1) is 19.0. The molecular weight excluding hydrogens is 263 g/mol. The predicted octanol–water partition coefficient (Wildman–Crippen LogP) is 2.11. The number of nitrogens with zero attached hydrogens (tertiary/aromatic N) is 1. The first-order valence-electron chi connectivity index (χ1n) is 5.17. The second kappa shape index (κ2) is 9.62. The topological polar surface area (TPSA) is 57.4 Å². The molecule has 2 N–H and O–H groups in total. The highest BCUT2D eigenvalue weighted by molar-refractivity contribution is 5.85. The molecule has 0 aromatic carbocycles. The molecule has 0 saturated carbocycles. The van der Waals surface area contributed by atoms with Crippen LogP contribution in [-0.2, 0) is 15.3 Å². The minimum Gasteiger partial charge on any atom is -0.345 e. The van der Waals surface area contributed by atoms with E-state index >= 15 is 0 Å². The summed E-state index contributed by atoms with van der Waals surface area (Å²) in [5.74, 6) is -0.849. The monoisotopic (exact) mass is 282 g/mol. The van der Waals surface area contributed by atoms with Gasteiger partial charge < -0.3 is 15.2 Å². The fourth-order valence-electron chi connectivity index (χ4n) is 1.50. The van der Waals surface area contributed by atoms with E-state index in [2.05, 4.69) is 4.98 Å². The second-order valence-electron chi connectivity index (χ2n) is 3.06. The molecule has 0 radical (unpaired) electrons. The Hall–Kier alpha value is -0.390. The molecule has 0 aliphatic rings. The number of halogens is 2. The lowest BCUT2D eigenvalue weighted by atomic mass is 10.1. The van der Waals surface area contributed by atoms with E-state index in [0.717, 1.165) is 5.56 Å². The van der Waals surface area contributed by atoms with Crippen LogP contribution >= 0.6 is 24.8 Å². The highest BCUT2D eigenvalue weighted by Gasteiger charge is 2.32. The van der Waals surface area contributed by atoms with Crippen LogP contribution in [0.3, 0.4) is 0 Å². The van der Waals surface area contributed by atoms with Crippen LogP contribution in [0.2, 0.25) is 0 Å². The normalized spacial score (nSPS) is 10.3. The van der Waals surface area contributed by atoms with Gasteiger partial charge in [0.2, 0.25) is 5.79 Å². The molecule has 0 atom stereocenters. The molecule has 6 heteroatoms. The summed E-state index contributed by atoms with van der Waals surface area (Å²) in [6, 6.07) is 3.75. The van der Waals surface area contributed by atoms with E-state index in [9.17, 15) is 0 Å². The molecule has 1 aromatic rings. The molecule has 0 aliphatic heterocycles. The number of aromatic nitrogens is 1. The van der Waals surface area contributed by atoms with Gasteiger partial charge in [0.05, 0.1) is 6.54 Å². The Morgan fingerprint density at radius 2 is 1.82 bits per heavy atom. The third-order valence-electron chi connectivity index (χ3n) is 2.13. The van der Waals surface area contributed by atoms with Gasteiger partial charge in [-0.25, -0.2) is 0 Å². The Kier molecular flexibility index (Phi) is 10.7. The molecule has 17 heavy (non-hydrogen) atoms. The average Bonchev–Trinajstić information content (AvgIpc) is 2.30. The molecule has 0 spiro atoms. The van der Waals surface area contributed by atoms with E-state index < -0.39 is 5.79 Å². The maximum absolute atomic E-state index is 5.73. The standard InChI is InChI=1S/C11H18N2O2.2ClH/c1-3-14-11(9-12,15-4-2)10-6-5-7-13-8-10;;/h5-8H,3-4,9,12H2,1-2H3;2*1H. The van der Waals surface area contributed by atoms with Crippen LogP contribution in [0.15, 0.2) is 24.5 Å². The Bertz CT molecular complexity index is 280. The SMILES string of the molecule is CCOC(CN)(OCC)c1cccnc1.Cl.Cl. The smallest absolute Gasteiger partial charge is 0.209 e. The van der Waals surface area contributed by atoms with Crippen LogP contribution in [0, 0.1) is 0 Å². The summed E-state index contributed by atoms with van der Waals surface area (Å²) < 4.78 is 11.2. The van der Waals surface area contributed by atoms with Crippen LogP contribution < -0.4 is 5.73 Å².